The molecule has 0 radical (unpaired) electrons. The molecule has 1 heteroatoms. The first-order valence-electron chi connectivity index (χ1n) is 9.82. The highest BCUT2D eigenvalue weighted by Crippen LogP contribution is 2.67. The largest absolute Gasteiger partial charge is 0.247 e. The first-order valence-corrected chi connectivity index (χ1v) is 9.82. The van der Waals surface area contributed by atoms with Gasteiger partial charge in [0.2, 0.25) is 0 Å². The Bertz CT molecular complexity index is 469. The van der Waals surface area contributed by atoms with Crippen molar-refractivity contribution in [3.63, 3.8) is 0 Å². The third-order valence-corrected chi connectivity index (χ3v) is 8.71. The molecule has 0 nitrogen and oxygen atoms in total. The second kappa shape index (κ2) is 5.08. The number of hydrogen-bond acceptors (Lipinski definition) is 0. The van der Waals surface area contributed by atoms with Crippen LogP contribution in [0.5, 0.6) is 0 Å². The summed E-state index contributed by atoms with van der Waals surface area (Å²) in [5.41, 5.74) is 0.434. The number of allylic oxidation sites excluding steroid dienone is 2. The second-order valence-corrected chi connectivity index (χ2v) is 9.32. The molecule has 124 valence electrons. The number of fused-ring (bicyclic) bond motifs is 5. The van der Waals surface area contributed by atoms with Gasteiger partial charge in [-0.15, -0.1) is 0 Å². The summed E-state index contributed by atoms with van der Waals surface area (Å²) in [6, 6.07) is 0. The van der Waals surface area contributed by atoms with Crippen molar-refractivity contribution < 1.29 is 4.39 Å². The molecule has 4 aliphatic rings. The van der Waals surface area contributed by atoms with E-state index in [0.29, 0.717) is 11.8 Å². The topological polar surface area (TPSA) is 0 Å². The number of rotatable bonds is 1. The highest BCUT2D eigenvalue weighted by atomic mass is 19.1. The minimum Gasteiger partial charge on any atom is -0.247 e. The molecule has 3 saturated carbocycles. The molecule has 0 amide bonds. The van der Waals surface area contributed by atoms with Crippen LogP contribution in [-0.4, -0.2) is 6.17 Å². The monoisotopic (exact) mass is 304 g/mol. The molecule has 0 bridgehead atoms. The fraction of sp³-hybridized carbons (Fsp3) is 0.905. The zero-order valence-corrected chi connectivity index (χ0v) is 14.7. The Morgan fingerprint density at radius 2 is 1.91 bits per heavy atom. The Morgan fingerprint density at radius 1 is 1.09 bits per heavy atom. The minimum atomic E-state index is -0.575. The van der Waals surface area contributed by atoms with Gasteiger partial charge in [0.15, 0.2) is 0 Å². The van der Waals surface area contributed by atoms with Crippen molar-refractivity contribution in [2.24, 2.45) is 40.4 Å². The summed E-state index contributed by atoms with van der Waals surface area (Å²) < 4.78 is 15.5. The SMILES string of the molecule is CC[C@H]1CC[C@H]2[C@@H]3CCC4CCC=C[C@]4(C)[C@H]3[C@@H](F)C[C@]12C. The third kappa shape index (κ3) is 1.86. The maximum absolute atomic E-state index is 15.5. The van der Waals surface area contributed by atoms with Crippen LogP contribution in [0, 0.1) is 40.4 Å². The smallest absolute Gasteiger partial charge is 0.105 e. The van der Waals surface area contributed by atoms with Crippen LogP contribution in [-0.2, 0) is 0 Å². The van der Waals surface area contributed by atoms with E-state index in [1.54, 1.807) is 0 Å². The van der Waals surface area contributed by atoms with E-state index in [1.807, 2.05) is 0 Å². The van der Waals surface area contributed by atoms with Crippen LogP contribution in [0.25, 0.3) is 0 Å². The lowest BCUT2D eigenvalue weighted by atomic mass is 9.45. The summed E-state index contributed by atoms with van der Waals surface area (Å²) >= 11 is 0. The van der Waals surface area contributed by atoms with Crippen molar-refractivity contribution in [2.75, 3.05) is 0 Å². The molecule has 0 aromatic carbocycles. The first-order chi connectivity index (χ1) is 10.5. The summed E-state index contributed by atoms with van der Waals surface area (Å²) in [5.74, 6) is 3.25. The predicted octanol–water partition coefficient (Wildman–Crippen LogP) is 6.17. The van der Waals surface area contributed by atoms with E-state index in [-0.39, 0.29) is 10.8 Å². The van der Waals surface area contributed by atoms with Gasteiger partial charge in [-0.3, -0.25) is 0 Å². The summed E-state index contributed by atoms with van der Waals surface area (Å²) in [6.45, 7) is 7.15. The maximum atomic E-state index is 15.5. The highest BCUT2D eigenvalue weighted by molar-refractivity contribution is 5.17. The van der Waals surface area contributed by atoms with Gasteiger partial charge < -0.3 is 0 Å². The van der Waals surface area contributed by atoms with Crippen LogP contribution in [0.4, 0.5) is 4.39 Å². The molecule has 0 spiro atoms. The molecule has 0 saturated heterocycles. The summed E-state index contributed by atoms with van der Waals surface area (Å²) in [7, 11) is 0. The van der Waals surface area contributed by atoms with E-state index in [9.17, 15) is 0 Å². The van der Waals surface area contributed by atoms with E-state index in [0.717, 1.165) is 24.2 Å². The zero-order chi connectivity index (χ0) is 15.5. The molecule has 1 unspecified atom stereocenters. The number of alkyl halides is 1. The lowest BCUT2D eigenvalue weighted by Gasteiger charge is -2.60. The lowest BCUT2D eigenvalue weighted by molar-refractivity contribution is -0.122. The molecular weight excluding hydrogens is 271 g/mol. The average molecular weight is 304 g/mol. The van der Waals surface area contributed by atoms with Gasteiger partial charge in [-0.25, -0.2) is 4.39 Å². The van der Waals surface area contributed by atoms with Gasteiger partial charge in [0.25, 0.3) is 0 Å². The van der Waals surface area contributed by atoms with Crippen LogP contribution in [0.15, 0.2) is 12.2 Å². The molecule has 0 N–H and O–H groups in total. The fourth-order valence-corrected chi connectivity index (χ4v) is 7.65. The van der Waals surface area contributed by atoms with Gasteiger partial charge in [0, 0.05) is 5.92 Å². The van der Waals surface area contributed by atoms with Crippen molar-refractivity contribution in [1.29, 1.82) is 0 Å². The molecule has 3 fully saturated rings. The molecule has 22 heavy (non-hydrogen) atoms. The van der Waals surface area contributed by atoms with Crippen LogP contribution in [0.3, 0.4) is 0 Å². The molecule has 8 atom stereocenters. The van der Waals surface area contributed by atoms with Crippen LogP contribution < -0.4 is 0 Å². The Balaban J connectivity index is 1.71. The third-order valence-electron chi connectivity index (χ3n) is 8.71. The Hall–Kier alpha value is -0.330. The number of halogens is 1. The van der Waals surface area contributed by atoms with Crippen molar-refractivity contribution in [2.45, 2.75) is 78.3 Å². The summed E-state index contributed by atoms with van der Waals surface area (Å²) in [5, 5.41) is 0. The van der Waals surface area contributed by atoms with E-state index < -0.39 is 6.17 Å². The molecule has 4 aliphatic carbocycles. The van der Waals surface area contributed by atoms with E-state index in [4.69, 9.17) is 0 Å². The van der Waals surface area contributed by atoms with Crippen LogP contribution in [0.1, 0.15) is 72.1 Å². The quantitative estimate of drug-likeness (QED) is 0.508. The van der Waals surface area contributed by atoms with Gasteiger partial charge in [-0.1, -0.05) is 39.3 Å². The molecule has 0 heterocycles. The predicted molar refractivity (Wildman–Crippen MR) is 90.3 cm³/mol. The van der Waals surface area contributed by atoms with Gasteiger partial charge in [-0.2, -0.15) is 0 Å². The van der Waals surface area contributed by atoms with Gasteiger partial charge in [0.1, 0.15) is 6.17 Å². The Morgan fingerprint density at radius 3 is 2.68 bits per heavy atom. The molecule has 4 rings (SSSR count). The van der Waals surface area contributed by atoms with Crippen molar-refractivity contribution in [3.05, 3.63) is 12.2 Å². The normalized spacial score (nSPS) is 57.1. The summed E-state index contributed by atoms with van der Waals surface area (Å²) in [6.07, 6.45) is 14.2. The van der Waals surface area contributed by atoms with Gasteiger partial charge in [0.05, 0.1) is 0 Å². The minimum absolute atomic E-state index is 0.145. The fourth-order valence-electron chi connectivity index (χ4n) is 7.65. The molecule has 0 aromatic rings. The molecular formula is C21H33F. The van der Waals surface area contributed by atoms with Crippen molar-refractivity contribution in [3.8, 4) is 0 Å². The highest BCUT2D eigenvalue weighted by Gasteiger charge is 2.62. The van der Waals surface area contributed by atoms with Crippen molar-refractivity contribution in [1.82, 2.24) is 0 Å². The molecule has 0 aromatic heterocycles. The van der Waals surface area contributed by atoms with Crippen LogP contribution in [0.2, 0.25) is 0 Å². The zero-order valence-electron chi connectivity index (χ0n) is 14.7. The standard InChI is InChI=1S/C21H33F/c1-4-14-9-11-17-16-10-8-15-7-5-6-12-20(15,2)19(16)18(22)13-21(14,17)3/h6,12,14-19H,4-5,7-11,13H2,1-3H3/t14-,15?,16-,17-,18-,19+,20-,21+/m0/s1. The molecule has 0 aliphatic heterocycles. The van der Waals surface area contributed by atoms with Gasteiger partial charge in [-0.05, 0) is 79.4 Å². The van der Waals surface area contributed by atoms with Gasteiger partial charge >= 0.3 is 0 Å². The van der Waals surface area contributed by atoms with E-state index >= 15 is 4.39 Å². The van der Waals surface area contributed by atoms with Crippen molar-refractivity contribution >= 4 is 0 Å². The maximum Gasteiger partial charge on any atom is 0.105 e. The first kappa shape index (κ1) is 15.2. The Labute approximate surface area is 135 Å². The summed E-state index contributed by atoms with van der Waals surface area (Å²) in [4.78, 5) is 0. The van der Waals surface area contributed by atoms with Crippen LogP contribution >= 0.6 is 0 Å². The Kier molecular flexibility index (Phi) is 3.51. The van der Waals surface area contributed by atoms with E-state index in [2.05, 4.69) is 32.9 Å². The average Bonchev–Trinajstić information content (AvgIpc) is 2.82. The number of hydrogen-bond donors (Lipinski definition) is 0. The lowest BCUT2D eigenvalue weighted by Crippen LogP contribution is -2.56. The van der Waals surface area contributed by atoms with E-state index in [1.165, 1.54) is 44.9 Å². The second-order valence-electron chi connectivity index (χ2n) is 9.32.